The number of benzene rings is 1. The molecule has 0 fully saturated rings. The Morgan fingerprint density at radius 1 is 1.24 bits per heavy atom. The molecule has 17 heavy (non-hydrogen) atoms. The molecule has 0 saturated heterocycles. The highest BCUT2D eigenvalue weighted by Gasteiger charge is 2.20. The second kappa shape index (κ2) is 5.16. The SMILES string of the molecule is Cc1ccc(S(=O)(=O)O)c(C(C)OC(C)C)c1. The molecule has 0 aliphatic carbocycles. The van der Waals surface area contributed by atoms with Gasteiger partial charge in [0.15, 0.2) is 0 Å². The van der Waals surface area contributed by atoms with Crippen molar-refractivity contribution < 1.29 is 17.7 Å². The minimum atomic E-state index is -4.21. The number of rotatable bonds is 4. The van der Waals surface area contributed by atoms with Crippen LogP contribution in [0.25, 0.3) is 0 Å². The molecule has 0 amide bonds. The zero-order valence-electron chi connectivity index (χ0n) is 10.5. The third-order valence-electron chi connectivity index (χ3n) is 2.36. The smallest absolute Gasteiger partial charge is 0.294 e. The van der Waals surface area contributed by atoms with E-state index in [0.29, 0.717) is 5.56 Å². The van der Waals surface area contributed by atoms with Crippen LogP contribution in [-0.2, 0) is 14.9 Å². The van der Waals surface area contributed by atoms with Crippen LogP contribution in [-0.4, -0.2) is 19.1 Å². The maximum atomic E-state index is 11.3. The van der Waals surface area contributed by atoms with Crippen LogP contribution in [0.4, 0.5) is 0 Å². The van der Waals surface area contributed by atoms with Crippen LogP contribution in [0.3, 0.4) is 0 Å². The summed E-state index contributed by atoms with van der Waals surface area (Å²) in [5.74, 6) is 0. The molecule has 0 bridgehead atoms. The number of aryl methyl sites for hydroxylation is 1. The van der Waals surface area contributed by atoms with Gasteiger partial charge in [0.25, 0.3) is 10.1 Å². The zero-order chi connectivity index (χ0) is 13.2. The molecule has 1 aromatic carbocycles. The van der Waals surface area contributed by atoms with Crippen molar-refractivity contribution in [1.29, 1.82) is 0 Å². The van der Waals surface area contributed by atoms with Crippen molar-refractivity contribution in [2.75, 3.05) is 0 Å². The number of ether oxygens (including phenoxy) is 1. The highest BCUT2D eigenvalue weighted by Crippen LogP contribution is 2.26. The molecule has 1 atom stereocenters. The van der Waals surface area contributed by atoms with Crippen LogP contribution in [0.15, 0.2) is 23.1 Å². The lowest BCUT2D eigenvalue weighted by Crippen LogP contribution is -2.12. The molecule has 5 heteroatoms. The van der Waals surface area contributed by atoms with Gasteiger partial charge in [0, 0.05) is 5.56 Å². The molecule has 1 rings (SSSR count). The normalized spacial score (nSPS) is 14.0. The quantitative estimate of drug-likeness (QED) is 0.843. The molecule has 0 aliphatic heterocycles. The van der Waals surface area contributed by atoms with Gasteiger partial charge in [0.05, 0.1) is 17.1 Å². The van der Waals surface area contributed by atoms with Crippen molar-refractivity contribution in [2.24, 2.45) is 0 Å². The topological polar surface area (TPSA) is 63.6 Å². The summed E-state index contributed by atoms with van der Waals surface area (Å²) < 4.78 is 37.2. The van der Waals surface area contributed by atoms with Gasteiger partial charge in [0.2, 0.25) is 0 Å². The van der Waals surface area contributed by atoms with Gasteiger partial charge in [-0.3, -0.25) is 4.55 Å². The summed E-state index contributed by atoms with van der Waals surface area (Å²) in [7, 11) is -4.21. The fourth-order valence-electron chi connectivity index (χ4n) is 1.70. The zero-order valence-corrected chi connectivity index (χ0v) is 11.3. The lowest BCUT2D eigenvalue weighted by molar-refractivity contribution is 0.0162. The summed E-state index contributed by atoms with van der Waals surface area (Å²) >= 11 is 0. The van der Waals surface area contributed by atoms with Crippen LogP contribution < -0.4 is 0 Å². The first-order valence-corrected chi connectivity index (χ1v) is 6.89. The largest absolute Gasteiger partial charge is 0.371 e. The van der Waals surface area contributed by atoms with Gasteiger partial charge < -0.3 is 4.74 Å². The van der Waals surface area contributed by atoms with Crippen molar-refractivity contribution in [3.05, 3.63) is 29.3 Å². The third-order valence-corrected chi connectivity index (χ3v) is 3.29. The Morgan fingerprint density at radius 2 is 1.82 bits per heavy atom. The summed E-state index contributed by atoms with van der Waals surface area (Å²) in [4.78, 5) is -0.0868. The van der Waals surface area contributed by atoms with Gasteiger partial charge in [-0.05, 0) is 33.8 Å². The summed E-state index contributed by atoms with van der Waals surface area (Å²) in [6.45, 7) is 7.38. The van der Waals surface area contributed by atoms with Gasteiger partial charge in [-0.1, -0.05) is 17.7 Å². The molecule has 1 unspecified atom stereocenters. The van der Waals surface area contributed by atoms with Crippen LogP contribution in [0.2, 0.25) is 0 Å². The average molecular weight is 258 g/mol. The average Bonchev–Trinajstić information content (AvgIpc) is 2.14. The molecule has 0 aliphatic rings. The fraction of sp³-hybridized carbons (Fsp3) is 0.500. The predicted octanol–water partition coefficient (Wildman–Crippen LogP) is 2.73. The molecule has 0 saturated carbocycles. The van der Waals surface area contributed by atoms with Gasteiger partial charge in [-0.25, -0.2) is 0 Å². The van der Waals surface area contributed by atoms with Gasteiger partial charge in [-0.15, -0.1) is 0 Å². The van der Waals surface area contributed by atoms with E-state index in [-0.39, 0.29) is 17.1 Å². The minimum Gasteiger partial charge on any atom is -0.371 e. The van der Waals surface area contributed by atoms with E-state index in [1.54, 1.807) is 19.1 Å². The molecule has 96 valence electrons. The van der Waals surface area contributed by atoms with Crippen LogP contribution in [0, 0.1) is 6.92 Å². The maximum Gasteiger partial charge on any atom is 0.294 e. The number of hydrogen-bond acceptors (Lipinski definition) is 3. The highest BCUT2D eigenvalue weighted by molar-refractivity contribution is 7.85. The van der Waals surface area contributed by atoms with E-state index >= 15 is 0 Å². The van der Waals surface area contributed by atoms with E-state index < -0.39 is 10.1 Å². The first-order valence-electron chi connectivity index (χ1n) is 5.45. The molecule has 1 N–H and O–H groups in total. The Hall–Kier alpha value is -0.910. The van der Waals surface area contributed by atoms with Gasteiger partial charge >= 0.3 is 0 Å². The van der Waals surface area contributed by atoms with E-state index in [1.807, 2.05) is 20.8 Å². The molecule has 1 aromatic rings. The van der Waals surface area contributed by atoms with E-state index in [1.165, 1.54) is 6.07 Å². The molecule has 0 radical (unpaired) electrons. The molecule has 0 heterocycles. The van der Waals surface area contributed by atoms with E-state index in [2.05, 4.69) is 0 Å². The Labute approximate surface area is 102 Å². The molecule has 4 nitrogen and oxygen atoms in total. The maximum absolute atomic E-state index is 11.3. The van der Waals surface area contributed by atoms with Crippen LogP contribution in [0.5, 0.6) is 0 Å². The van der Waals surface area contributed by atoms with Crippen molar-refractivity contribution in [2.45, 2.75) is 44.8 Å². The van der Waals surface area contributed by atoms with E-state index in [0.717, 1.165) is 5.56 Å². The lowest BCUT2D eigenvalue weighted by Gasteiger charge is -2.19. The van der Waals surface area contributed by atoms with Gasteiger partial charge in [-0.2, -0.15) is 8.42 Å². The molecule has 0 aromatic heterocycles. The van der Waals surface area contributed by atoms with Crippen LogP contribution in [0.1, 0.15) is 38.0 Å². The first kappa shape index (κ1) is 14.2. The molecular weight excluding hydrogens is 240 g/mol. The minimum absolute atomic E-state index is 0.0141. The Morgan fingerprint density at radius 3 is 2.29 bits per heavy atom. The second-order valence-electron chi connectivity index (χ2n) is 4.34. The first-order chi connectivity index (χ1) is 7.71. The molecular formula is C12H18O4S. The second-order valence-corrected chi connectivity index (χ2v) is 5.73. The molecule has 0 spiro atoms. The van der Waals surface area contributed by atoms with E-state index in [4.69, 9.17) is 9.29 Å². The Balaban J connectivity index is 3.25. The predicted molar refractivity (Wildman–Crippen MR) is 65.6 cm³/mol. The Kier molecular flexibility index (Phi) is 4.30. The van der Waals surface area contributed by atoms with Crippen molar-refractivity contribution in [3.63, 3.8) is 0 Å². The lowest BCUT2D eigenvalue weighted by atomic mass is 10.1. The van der Waals surface area contributed by atoms with Crippen molar-refractivity contribution >= 4 is 10.1 Å². The van der Waals surface area contributed by atoms with E-state index in [9.17, 15) is 8.42 Å². The highest BCUT2D eigenvalue weighted by atomic mass is 32.2. The Bertz CT molecular complexity index is 491. The van der Waals surface area contributed by atoms with Crippen molar-refractivity contribution in [3.8, 4) is 0 Å². The number of hydrogen-bond donors (Lipinski definition) is 1. The van der Waals surface area contributed by atoms with Gasteiger partial charge in [0.1, 0.15) is 0 Å². The summed E-state index contributed by atoms with van der Waals surface area (Å²) in [6, 6.07) is 4.77. The van der Waals surface area contributed by atoms with Crippen molar-refractivity contribution in [1.82, 2.24) is 0 Å². The third kappa shape index (κ3) is 3.80. The monoisotopic (exact) mass is 258 g/mol. The standard InChI is InChI=1S/C12H18O4S/c1-8(2)16-10(4)11-7-9(3)5-6-12(11)17(13,14)15/h5-8,10H,1-4H3,(H,13,14,15). The fourth-order valence-corrected chi connectivity index (χ4v) is 2.46. The van der Waals surface area contributed by atoms with Crippen LogP contribution >= 0.6 is 0 Å². The summed E-state index contributed by atoms with van der Waals surface area (Å²) in [5, 5.41) is 0. The summed E-state index contributed by atoms with van der Waals surface area (Å²) in [5.41, 5.74) is 1.41. The summed E-state index contributed by atoms with van der Waals surface area (Å²) in [6.07, 6.45) is -0.397.